The zero-order chi connectivity index (χ0) is 33.5. The van der Waals surface area contributed by atoms with Crippen molar-refractivity contribution in [1.82, 2.24) is 24.1 Å². The largest absolute Gasteiger partial charge is 0.311 e. The van der Waals surface area contributed by atoms with Gasteiger partial charge in [-0.3, -0.25) is 4.57 Å². The maximum Gasteiger partial charge on any atom is 0.238 e. The van der Waals surface area contributed by atoms with E-state index in [0.717, 1.165) is 40.4 Å². The van der Waals surface area contributed by atoms with Crippen molar-refractivity contribution >= 4 is 80.8 Å². The quantitative estimate of drug-likeness (QED) is 0.187. The Morgan fingerprint density at radius 2 is 1.16 bits per heavy atom. The molecule has 4 aromatic heterocycles. The number of rotatable bonds is 4. The predicted molar refractivity (Wildman–Crippen MR) is 214 cm³/mol. The molecule has 0 amide bonds. The third-order valence-corrected chi connectivity index (χ3v) is 11.4. The zero-order valence-corrected chi connectivity index (χ0v) is 28.3. The molecule has 0 saturated carbocycles. The lowest BCUT2D eigenvalue weighted by atomic mass is 10.1. The molecule has 4 heterocycles. The molecule has 11 rings (SSSR count). The molecule has 0 bridgehead atoms. The van der Waals surface area contributed by atoms with Crippen LogP contribution in [0.3, 0.4) is 0 Å². The average molecular weight is 672 g/mol. The maximum atomic E-state index is 5.42. The van der Waals surface area contributed by atoms with E-state index in [-0.39, 0.29) is 0 Å². The van der Waals surface area contributed by atoms with Crippen LogP contribution in [0.1, 0.15) is 12.8 Å². The molecule has 0 fully saturated rings. The standard InChI is InChI=1S/C45H29N5S/c1-3-14-28(15-4-1)43-46-44(35-21-13-25-39-40(35)34-20-9-12-24-38(34)51-39)48-45(47-43)50-37-23-11-8-19-31(37)33-27-26-32-30-18-7-10-22-36(30)49(41(32)42(33)50)29-16-5-2-6-17-29/h1-5,7-16,18-27H,6,17H2. The van der Waals surface area contributed by atoms with Gasteiger partial charge in [-0.05, 0) is 43.2 Å². The van der Waals surface area contributed by atoms with Crippen LogP contribution in [0.5, 0.6) is 0 Å². The lowest BCUT2D eigenvalue weighted by Gasteiger charge is -2.16. The van der Waals surface area contributed by atoms with Gasteiger partial charge in [0.05, 0.1) is 22.1 Å². The first-order chi connectivity index (χ1) is 25.3. The molecule has 0 aliphatic heterocycles. The Morgan fingerprint density at radius 1 is 0.510 bits per heavy atom. The van der Waals surface area contributed by atoms with E-state index in [0.29, 0.717) is 17.6 Å². The van der Waals surface area contributed by atoms with Crippen molar-refractivity contribution in [1.29, 1.82) is 0 Å². The highest BCUT2D eigenvalue weighted by atomic mass is 32.1. The molecule has 1 aliphatic rings. The highest BCUT2D eigenvalue weighted by Gasteiger charge is 2.24. The fourth-order valence-corrected chi connectivity index (χ4v) is 9.18. The van der Waals surface area contributed by atoms with Gasteiger partial charge in [-0.2, -0.15) is 9.97 Å². The van der Waals surface area contributed by atoms with E-state index in [1.807, 2.05) is 18.2 Å². The van der Waals surface area contributed by atoms with Crippen molar-refractivity contribution in [2.45, 2.75) is 12.8 Å². The molecule has 0 radical (unpaired) electrons. The van der Waals surface area contributed by atoms with Gasteiger partial charge in [-0.15, -0.1) is 11.3 Å². The van der Waals surface area contributed by atoms with Crippen LogP contribution in [0.25, 0.3) is 98.2 Å². The minimum atomic E-state index is 0.600. The van der Waals surface area contributed by atoms with Crippen LogP contribution in [-0.4, -0.2) is 24.1 Å². The van der Waals surface area contributed by atoms with Gasteiger partial charge < -0.3 is 4.57 Å². The summed E-state index contributed by atoms with van der Waals surface area (Å²) in [7, 11) is 0. The lowest BCUT2D eigenvalue weighted by molar-refractivity contribution is 0.951. The molecular weight excluding hydrogens is 643 g/mol. The molecule has 0 atom stereocenters. The van der Waals surface area contributed by atoms with Crippen LogP contribution in [0.15, 0.2) is 152 Å². The van der Waals surface area contributed by atoms with Crippen LogP contribution in [0.4, 0.5) is 0 Å². The second-order valence-electron chi connectivity index (χ2n) is 13.1. The molecule has 240 valence electrons. The molecule has 0 saturated heterocycles. The molecular formula is C45H29N5S. The first kappa shape index (κ1) is 28.5. The number of hydrogen-bond donors (Lipinski definition) is 0. The third-order valence-electron chi connectivity index (χ3n) is 10.2. The Morgan fingerprint density at radius 3 is 1.92 bits per heavy atom. The lowest BCUT2D eigenvalue weighted by Crippen LogP contribution is -2.07. The van der Waals surface area contributed by atoms with E-state index in [1.54, 1.807) is 11.3 Å². The van der Waals surface area contributed by atoms with Crippen LogP contribution in [0.2, 0.25) is 0 Å². The minimum Gasteiger partial charge on any atom is -0.311 e. The molecule has 0 N–H and O–H groups in total. The molecule has 6 aromatic carbocycles. The van der Waals surface area contributed by atoms with E-state index >= 15 is 0 Å². The number of fused-ring (bicyclic) bond motifs is 10. The minimum absolute atomic E-state index is 0.600. The Kier molecular flexibility index (Phi) is 6.18. The van der Waals surface area contributed by atoms with Crippen molar-refractivity contribution in [3.63, 3.8) is 0 Å². The molecule has 0 unspecified atom stereocenters. The Labute approximate surface area is 297 Å². The van der Waals surface area contributed by atoms with Crippen LogP contribution in [-0.2, 0) is 0 Å². The Hall–Kier alpha value is -6.37. The molecule has 0 spiro atoms. The SMILES string of the molecule is C1=CCCC(n2c3ccccc3c3ccc4c5ccccc5n(-c5nc(-c6ccccc6)nc(-c6cccc7sc8ccccc8c67)n5)c4c32)=C1. The summed E-state index contributed by atoms with van der Waals surface area (Å²) in [6.45, 7) is 0. The number of benzene rings is 6. The van der Waals surface area contributed by atoms with Crippen LogP contribution < -0.4 is 0 Å². The monoisotopic (exact) mass is 671 g/mol. The highest BCUT2D eigenvalue weighted by Crippen LogP contribution is 2.43. The second-order valence-corrected chi connectivity index (χ2v) is 14.2. The summed E-state index contributed by atoms with van der Waals surface area (Å²) in [6.07, 6.45) is 8.68. The number of nitrogens with zero attached hydrogens (tertiary/aromatic N) is 5. The van der Waals surface area contributed by atoms with Crippen LogP contribution >= 0.6 is 11.3 Å². The Bertz CT molecular complexity index is 3090. The molecule has 10 aromatic rings. The van der Waals surface area contributed by atoms with E-state index in [1.165, 1.54) is 53.1 Å². The highest BCUT2D eigenvalue weighted by molar-refractivity contribution is 7.25. The van der Waals surface area contributed by atoms with Crippen molar-refractivity contribution in [2.24, 2.45) is 0 Å². The first-order valence-corrected chi connectivity index (χ1v) is 18.2. The summed E-state index contributed by atoms with van der Waals surface area (Å²) in [4.78, 5) is 16.0. The Balaban J connectivity index is 1.30. The fraction of sp³-hybridized carbons (Fsp3) is 0.0444. The maximum absolute atomic E-state index is 5.42. The van der Waals surface area contributed by atoms with Crippen molar-refractivity contribution in [2.75, 3.05) is 0 Å². The summed E-state index contributed by atoms with van der Waals surface area (Å²) >= 11 is 1.81. The van der Waals surface area contributed by atoms with Gasteiger partial charge in [-0.1, -0.05) is 121 Å². The van der Waals surface area contributed by atoms with Gasteiger partial charge in [0.25, 0.3) is 0 Å². The van der Waals surface area contributed by atoms with Gasteiger partial charge in [0, 0.05) is 58.5 Å². The normalized spacial score (nSPS) is 13.4. The summed E-state index contributed by atoms with van der Waals surface area (Å²) in [5.41, 5.74) is 7.76. The number of thiophene rings is 1. The van der Waals surface area contributed by atoms with E-state index in [2.05, 4.69) is 143 Å². The van der Waals surface area contributed by atoms with Crippen molar-refractivity contribution < 1.29 is 0 Å². The summed E-state index contributed by atoms with van der Waals surface area (Å²) in [6, 6.07) is 47.3. The molecule has 1 aliphatic carbocycles. The number of hydrogen-bond acceptors (Lipinski definition) is 4. The van der Waals surface area contributed by atoms with Gasteiger partial charge in [0.2, 0.25) is 5.95 Å². The number of allylic oxidation sites excluding steroid dienone is 4. The summed E-state index contributed by atoms with van der Waals surface area (Å²) in [5, 5.41) is 7.18. The molecule has 5 nitrogen and oxygen atoms in total. The van der Waals surface area contributed by atoms with E-state index in [4.69, 9.17) is 15.0 Å². The third kappa shape index (κ3) is 4.23. The van der Waals surface area contributed by atoms with Gasteiger partial charge >= 0.3 is 0 Å². The van der Waals surface area contributed by atoms with Gasteiger partial charge in [-0.25, -0.2) is 4.98 Å². The topological polar surface area (TPSA) is 48.5 Å². The molecule has 51 heavy (non-hydrogen) atoms. The fourth-order valence-electron chi connectivity index (χ4n) is 8.05. The zero-order valence-electron chi connectivity index (χ0n) is 27.5. The van der Waals surface area contributed by atoms with E-state index < -0.39 is 0 Å². The predicted octanol–water partition coefficient (Wildman–Crippen LogP) is 12.0. The van der Waals surface area contributed by atoms with Crippen molar-refractivity contribution in [3.8, 4) is 28.7 Å². The average Bonchev–Trinajstić information content (AvgIpc) is 3.86. The number of para-hydroxylation sites is 2. The van der Waals surface area contributed by atoms with Gasteiger partial charge in [0.1, 0.15) is 0 Å². The second kappa shape index (κ2) is 11.1. The van der Waals surface area contributed by atoms with E-state index in [9.17, 15) is 0 Å². The van der Waals surface area contributed by atoms with Crippen molar-refractivity contribution in [3.05, 3.63) is 152 Å². The number of aromatic nitrogens is 5. The molecule has 6 heteroatoms. The van der Waals surface area contributed by atoms with Crippen LogP contribution in [0, 0.1) is 0 Å². The smallest absolute Gasteiger partial charge is 0.238 e. The summed E-state index contributed by atoms with van der Waals surface area (Å²) < 4.78 is 7.23. The summed E-state index contributed by atoms with van der Waals surface area (Å²) in [5.74, 6) is 1.90. The first-order valence-electron chi connectivity index (χ1n) is 17.4. The van der Waals surface area contributed by atoms with Gasteiger partial charge in [0.15, 0.2) is 11.6 Å².